The van der Waals surface area contributed by atoms with Gasteiger partial charge in [-0.3, -0.25) is 4.89 Å². The van der Waals surface area contributed by atoms with Crippen LogP contribution in [0, 0.1) is 0 Å². The molecule has 0 spiro atoms. The average Bonchev–Trinajstić information content (AvgIpc) is 2.28. The molecule has 0 saturated carbocycles. The summed E-state index contributed by atoms with van der Waals surface area (Å²) in [5, 5.41) is 8.06. The Kier molecular flexibility index (Phi) is 10.7. The van der Waals surface area contributed by atoms with Crippen LogP contribution in [0.5, 0.6) is 0 Å². The van der Waals surface area contributed by atoms with Crippen LogP contribution in [0.25, 0.3) is 0 Å². The van der Waals surface area contributed by atoms with Gasteiger partial charge in [-0.15, -0.1) is 0 Å². The van der Waals surface area contributed by atoms with Crippen LogP contribution in [0.2, 0.25) is 0 Å². The highest BCUT2D eigenvalue weighted by atomic mass is 17.1. The molecule has 4 nitrogen and oxygen atoms in total. The third kappa shape index (κ3) is 7.28. The number of carbonyl (C=O) groups is 1. The Hall–Kier alpha value is -1.81. The first-order valence-corrected chi connectivity index (χ1v) is 4.43. The van der Waals surface area contributed by atoms with Gasteiger partial charge in [0.2, 0.25) is 0 Å². The highest BCUT2D eigenvalue weighted by Gasteiger charge is 2.06. The fraction of sp³-hybridized carbons (Fsp3) is 0.182. The Morgan fingerprint density at radius 2 is 1.93 bits per heavy atom. The van der Waals surface area contributed by atoms with Gasteiger partial charge in [0.05, 0.1) is 5.57 Å². The molecule has 0 radical (unpaired) electrons. The van der Waals surface area contributed by atoms with Crippen LogP contribution in [-0.4, -0.2) is 11.2 Å². The topological polar surface area (TPSA) is 72.6 Å². The third-order valence-corrected chi connectivity index (χ3v) is 1.17. The molecule has 0 aliphatic rings. The first-order valence-electron chi connectivity index (χ1n) is 4.43. The van der Waals surface area contributed by atoms with Crippen LogP contribution in [0.15, 0.2) is 48.7 Å². The maximum Gasteiger partial charge on any atom is 0.372 e. The van der Waals surface area contributed by atoms with Crippen LogP contribution in [-0.2, 0) is 9.68 Å². The van der Waals surface area contributed by atoms with Gasteiger partial charge in [0, 0.05) is 5.70 Å². The minimum absolute atomic E-state index is 0.0677. The summed E-state index contributed by atoms with van der Waals surface area (Å²) in [7, 11) is 0. The van der Waals surface area contributed by atoms with Crippen molar-refractivity contribution in [1.82, 2.24) is 0 Å². The van der Waals surface area contributed by atoms with Gasteiger partial charge in [0.1, 0.15) is 0 Å². The lowest BCUT2D eigenvalue weighted by molar-refractivity contribution is -0.228. The van der Waals surface area contributed by atoms with Gasteiger partial charge in [0.15, 0.2) is 0 Å². The van der Waals surface area contributed by atoms with E-state index < -0.39 is 5.97 Å². The van der Waals surface area contributed by atoms with Gasteiger partial charge in [-0.25, -0.2) is 4.79 Å². The van der Waals surface area contributed by atoms with Crippen molar-refractivity contribution in [3.63, 3.8) is 0 Å². The number of carbonyl (C=O) groups excluding carboxylic acids is 1. The van der Waals surface area contributed by atoms with Crippen molar-refractivity contribution < 1.29 is 14.9 Å². The maximum atomic E-state index is 10.8. The fourth-order valence-corrected chi connectivity index (χ4v) is 0.618. The molecule has 0 saturated heterocycles. The molecule has 0 amide bonds. The summed E-state index contributed by atoms with van der Waals surface area (Å²) >= 11 is 0. The van der Waals surface area contributed by atoms with Crippen molar-refractivity contribution in [2.75, 3.05) is 0 Å². The van der Waals surface area contributed by atoms with E-state index in [1.807, 2.05) is 13.8 Å². The molecule has 0 atom stereocenters. The van der Waals surface area contributed by atoms with Gasteiger partial charge in [-0.05, 0) is 12.2 Å². The smallest absolute Gasteiger partial charge is 0.372 e. The Balaban J connectivity index is 0. The van der Waals surface area contributed by atoms with E-state index in [4.69, 9.17) is 11.0 Å². The minimum Gasteiger partial charge on any atom is -0.399 e. The van der Waals surface area contributed by atoms with Crippen LogP contribution in [0.1, 0.15) is 13.8 Å². The highest BCUT2D eigenvalue weighted by molar-refractivity contribution is 5.91. The zero-order chi connectivity index (χ0) is 12.3. The highest BCUT2D eigenvalue weighted by Crippen LogP contribution is 2.01. The molecule has 4 heteroatoms. The zero-order valence-corrected chi connectivity index (χ0v) is 9.06. The van der Waals surface area contributed by atoms with Crippen molar-refractivity contribution >= 4 is 5.97 Å². The Morgan fingerprint density at radius 3 is 2.27 bits per heavy atom. The minimum atomic E-state index is -0.907. The molecule has 84 valence electrons. The van der Waals surface area contributed by atoms with Crippen LogP contribution in [0.3, 0.4) is 0 Å². The molecule has 0 aromatic carbocycles. The van der Waals surface area contributed by atoms with Crippen molar-refractivity contribution in [3.05, 3.63) is 48.7 Å². The van der Waals surface area contributed by atoms with Gasteiger partial charge in [-0.2, -0.15) is 5.26 Å². The first-order chi connectivity index (χ1) is 7.15. The predicted molar refractivity (Wildman–Crippen MR) is 60.8 cm³/mol. The molecule has 0 rings (SSSR count). The lowest BCUT2D eigenvalue weighted by atomic mass is 10.2. The van der Waals surface area contributed by atoms with E-state index in [1.54, 1.807) is 0 Å². The fourth-order valence-electron chi connectivity index (χ4n) is 0.618. The summed E-state index contributed by atoms with van der Waals surface area (Å²) < 4.78 is 0. The molecule has 0 aliphatic heterocycles. The number of hydrogen-bond acceptors (Lipinski definition) is 4. The van der Waals surface area contributed by atoms with E-state index in [-0.39, 0.29) is 5.57 Å². The van der Waals surface area contributed by atoms with Crippen molar-refractivity contribution in [3.8, 4) is 0 Å². The van der Waals surface area contributed by atoms with E-state index >= 15 is 0 Å². The van der Waals surface area contributed by atoms with Gasteiger partial charge in [0.25, 0.3) is 0 Å². The summed E-state index contributed by atoms with van der Waals surface area (Å²) in [5.74, 6) is -0.907. The number of nitrogens with two attached hydrogens (primary N) is 1. The van der Waals surface area contributed by atoms with E-state index in [9.17, 15) is 4.79 Å². The van der Waals surface area contributed by atoms with Crippen molar-refractivity contribution in [1.29, 1.82) is 0 Å². The second-order valence-electron chi connectivity index (χ2n) is 2.08. The summed E-state index contributed by atoms with van der Waals surface area (Å²) in [6.45, 7) is 10.8. The molecule has 0 bridgehead atoms. The van der Waals surface area contributed by atoms with Crippen LogP contribution in [0.4, 0.5) is 0 Å². The summed E-state index contributed by atoms with van der Waals surface area (Å²) in [6.07, 6.45) is 5.50. The number of rotatable bonds is 4. The lowest BCUT2D eigenvalue weighted by Crippen LogP contribution is -2.05. The standard InChI is InChI=1S/C9H11NO3.C2H6/c1-3-5-8(10)6-7(4-2)9(11)13-12;1-2/h3-6,12H,1-2,10H2;1-2H3/b7-6+,8-5+;. The molecule has 0 fully saturated rings. The van der Waals surface area contributed by atoms with E-state index in [0.717, 1.165) is 0 Å². The van der Waals surface area contributed by atoms with Crippen molar-refractivity contribution in [2.24, 2.45) is 5.73 Å². The third-order valence-electron chi connectivity index (χ3n) is 1.17. The molecule has 0 aromatic heterocycles. The lowest BCUT2D eigenvalue weighted by Gasteiger charge is -1.96. The normalized spacial score (nSPS) is 10.9. The number of allylic oxidation sites excluding steroid dienone is 3. The quantitative estimate of drug-likeness (QED) is 0.323. The summed E-state index contributed by atoms with van der Waals surface area (Å²) in [4.78, 5) is 14.3. The van der Waals surface area contributed by atoms with Crippen LogP contribution >= 0.6 is 0 Å². The average molecular weight is 211 g/mol. The molecule has 3 N–H and O–H groups in total. The first kappa shape index (κ1) is 15.7. The molecule has 0 heterocycles. The van der Waals surface area contributed by atoms with Crippen molar-refractivity contribution in [2.45, 2.75) is 13.8 Å². The van der Waals surface area contributed by atoms with Gasteiger partial charge < -0.3 is 5.73 Å². The Labute approximate surface area is 90.0 Å². The number of hydrogen-bond donors (Lipinski definition) is 2. The molecular weight excluding hydrogens is 194 g/mol. The molecule has 0 aromatic rings. The maximum absolute atomic E-state index is 10.8. The Bertz CT molecular complexity index is 278. The van der Waals surface area contributed by atoms with Gasteiger partial charge in [-0.1, -0.05) is 39.2 Å². The predicted octanol–water partition coefficient (Wildman–Crippen LogP) is 2.17. The van der Waals surface area contributed by atoms with E-state index in [2.05, 4.69) is 18.0 Å². The monoisotopic (exact) mass is 211 g/mol. The van der Waals surface area contributed by atoms with Gasteiger partial charge >= 0.3 is 5.97 Å². The summed E-state index contributed by atoms with van der Waals surface area (Å²) in [5.41, 5.74) is 5.81. The largest absolute Gasteiger partial charge is 0.399 e. The molecular formula is C11H17NO3. The SMILES string of the molecule is C=C/C=C(N)\C=C(/C=C)C(=O)OO.CC. The molecule has 15 heavy (non-hydrogen) atoms. The van der Waals surface area contributed by atoms with E-state index in [0.29, 0.717) is 5.70 Å². The zero-order valence-electron chi connectivity index (χ0n) is 9.06. The van der Waals surface area contributed by atoms with E-state index in [1.165, 1.54) is 24.3 Å². The Morgan fingerprint density at radius 1 is 1.40 bits per heavy atom. The molecule has 0 unspecified atom stereocenters. The van der Waals surface area contributed by atoms with Crippen LogP contribution < -0.4 is 5.73 Å². The second-order valence-corrected chi connectivity index (χ2v) is 2.08. The molecule has 0 aliphatic carbocycles. The second kappa shape index (κ2) is 10.3. The summed E-state index contributed by atoms with van der Waals surface area (Å²) in [6, 6.07) is 0.